The van der Waals surface area contributed by atoms with Crippen LogP contribution in [-0.2, 0) is 0 Å². The van der Waals surface area contributed by atoms with E-state index in [0.717, 1.165) is 11.8 Å². The molecule has 0 bridgehead atoms. The zero-order valence-corrected chi connectivity index (χ0v) is 11.0. The molecule has 0 saturated carbocycles. The normalized spacial score (nSPS) is 11.6. The molecule has 0 saturated heterocycles. The highest BCUT2D eigenvalue weighted by Gasteiger charge is 2.19. The number of nitro groups is 1. The molecule has 2 rings (SSSR count). The number of aryl methyl sites for hydroxylation is 1. The van der Waals surface area contributed by atoms with E-state index in [-0.39, 0.29) is 22.3 Å². The number of rotatable bonds is 4. The van der Waals surface area contributed by atoms with Gasteiger partial charge in [-0.15, -0.1) is 10.2 Å². The summed E-state index contributed by atoms with van der Waals surface area (Å²) in [5.41, 5.74) is 5.44. The van der Waals surface area contributed by atoms with Crippen molar-refractivity contribution in [2.75, 3.05) is 0 Å². The molecule has 1 aromatic heterocycles. The quantitative estimate of drug-likeness (QED) is 0.284. The second-order valence-corrected chi connectivity index (χ2v) is 4.61. The number of hydrogen-bond donors (Lipinski definition) is 2. The first kappa shape index (κ1) is 13.8. The average Bonchev–Trinajstić information content (AvgIpc) is 2.83. The lowest BCUT2D eigenvalue weighted by Gasteiger charge is -2.02. The maximum absolute atomic E-state index is 11.1. The topological polar surface area (TPSA) is 141 Å². The zero-order valence-electron chi connectivity index (χ0n) is 10.2. The van der Waals surface area contributed by atoms with E-state index < -0.39 is 4.92 Å². The van der Waals surface area contributed by atoms with Crippen molar-refractivity contribution in [1.29, 1.82) is 0 Å². The Bertz CT molecular complexity index is 684. The molecule has 0 aliphatic carbocycles. The van der Waals surface area contributed by atoms with Crippen molar-refractivity contribution in [3.8, 4) is 0 Å². The Morgan fingerprint density at radius 2 is 2.30 bits per heavy atom. The van der Waals surface area contributed by atoms with Crippen LogP contribution in [0.2, 0.25) is 0 Å². The van der Waals surface area contributed by atoms with Crippen molar-refractivity contribution < 1.29 is 14.5 Å². The van der Waals surface area contributed by atoms with Crippen molar-refractivity contribution in [3.63, 3.8) is 0 Å². The lowest BCUT2D eigenvalue weighted by Crippen LogP contribution is -2.13. The molecule has 3 N–H and O–H groups in total. The molecule has 0 atom stereocenters. The minimum absolute atomic E-state index is 0.196. The van der Waals surface area contributed by atoms with Gasteiger partial charge in [-0.1, -0.05) is 5.16 Å². The van der Waals surface area contributed by atoms with E-state index in [1.165, 1.54) is 18.2 Å². The molecule has 2 aromatic rings. The molecule has 104 valence electrons. The van der Waals surface area contributed by atoms with E-state index >= 15 is 0 Å². The van der Waals surface area contributed by atoms with Gasteiger partial charge in [0.1, 0.15) is 0 Å². The fraction of sp³-hybridized carbons (Fsp3) is 0.100. The van der Waals surface area contributed by atoms with Crippen LogP contribution in [0.1, 0.15) is 11.5 Å². The fourth-order valence-corrected chi connectivity index (χ4v) is 2.18. The van der Waals surface area contributed by atoms with Crippen molar-refractivity contribution in [1.82, 2.24) is 10.2 Å². The standard InChI is InChI=1S/C10H9N5O4S/c1-5-12-13-10(19-5)20-8-3-2-6(9(11)14-16)4-7(8)15(17)18/h2-4,16H,1H3,(H2,11,14). The van der Waals surface area contributed by atoms with Crippen LogP contribution in [0.25, 0.3) is 0 Å². The van der Waals surface area contributed by atoms with Gasteiger partial charge in [-0.05, 0) is 23.9 Å². The Morgan fingerprint density at radius 1 is 1.55 bits per heavy atom. The highest BCUT2D eigenvalue weighted by Crippen LogP contribution is 2.34. The smallest absolute Gasteiger partial charge is 0.284 e. The Labute approximate surface area is 116 Å². The second-order valence-electron chi connectivity index (χ2n) is 3.61. The van der Waals surface area contributed by atoms with Crippen molar-refractivity contribution in [2.45, 2.75) is 17.0 Å². The number of nitro benzene ring substituents is 1. The molecule has 0 unspecified atom stereocenters. The lowest BCUT2D eigenvalue weighted by atomic mass is 10.2. The first-order valence-electron chi connectivity index (χ1n) is 5.25. The number of aromatic nitrogens is 2. The summed E-state index contributed by atoms with van der Waals surface area (Å²) in [6.07, 6.45) is 0. The van der Waals surface area contributed by atoms with Gasteiger partial charge in [-0.3, -0.25) is 10.1 Å². The molecule has 0 aliphatic heterocycles. The Balaban J connectivity index is 2.40. The predicted molar refractivity (Wildman–Crippen MR) is 68.8 cm³/mol. The highest BCUT2D eigenvalue weighted by atomic mass is 32.2. The average molecular weight is 295 g/mol. The molecule has 20 heavy (non-hydrogen) atoms. The third-order valence-electron chi connectivity index (χ3n) is 2.26. The lowest BCUT2D eigenvalue weighted by molar-refractivity contribution is -0.387. The maximum Gasteiger partial charge on any atom is 0.284 e. The van der Waals surface area contributed by atoms with E-state index in [1.807, 2.05) is 0 Å². The molecule has 10 heteroatoms. The number of hydrogen-bond acceptors (Lipinski definition) is 8. The van der Waals surface area contributed by atoms with Gasteiger partial charge in [-0.25, -0.2) is 0 Å². The largest absolute Gasteiger partial charge is 0.416 e. The van der Waals surface area contributed by atoms with E-state index in [0.29, 0.717) is 10.8 Å². The van der Waals surface area contributed by atoms with Crippen LogP contribution in [-0.4, -0.2) is 26.2 Å². The van der Waals surface area contributed by atoms with Crippen LogP contribution in [0.4, 0.5) is 5.69 Å². The first-order chi connectivity index (χ1) is 9.51. The molecule has 0 aliphatic rings. The van der Waals surface area contributed by atoms with Gasteiger partial charge in [0.15, 0.2) is 5.84 Å². The summed E-state index contributed by atoms with van der Waals surface area (Å²) in [5, 5.41) is 30.0. The van der Waals surface area contributed by atoms with Crippen molar-refractivity contribution in [2.24, 2.45) is 10.9 Å². The summed E-state index contributed by atoms with van der Waals surface area (Å²) >= 11 is 0.966. The van der Waals surface area contributed by atoms with E-state index in [4.69, 9.17) is 15.4 Å². The number of nitrogens with two attached hydrogens (primary N) is 1. The summed E-state index contributed by atoms with van der Waals surface area (Å²) in [4.78, 5) is 10.8. The van der Waals surface area contributed by atoms with Gasteiger partial charge >= 0.3 is 0 Å². The number of oxime groups is 1. The Morgan fingerprint density at radius 3 is 2.85 bits per heavy atom. The fourth-order valence-electron chi connectivity index (χ4n) is 1.38. The van der Waals surface area contributed by atoms with Crippen LogP contribution < -0.4 is 5.73 Å². The minimum atomic E-state index is -0.570. The summed E-state index contributed by atoms with van der Waals surface area (Å²) in [7, 11) is 0. The molecule has 9 nitrogen and oxygen atoms in total. The molecule has 1 aromatic carbocycles. The molecular weight excluding hydrogens is 286 g/mol. The SMILES string of the molecule is Cc1nnc(Sc2ccc(C(N)=NO)cc2[N+](=O)[O-])o1. The van der Waals surface area contributed by atoms with Crippen LogP contribution in [0.3, 0.4) is 0 Å². The first-order valence-corrected chi connectivity index (χ1v) is 6.07. The van der Waals surface area contributed by atoms with Gasteiger partial charge in [0.25, 0.3) is 10.9 Å². The number of amidine groups is 1. The molecule has 0 spiro atoms. The van der Waals surface area contributed by atoms with Gasteiger partial charge in [0.2, 0.25) is 5.89 Å². The van der Waals surface area contributed by atoms with Crippen LogP contribution in [0.5, 0.6) is 0 Å². The second kappa shape index (κ2) is 5.57. The van der Waals surface area contributed by atoms with E-state index in [9.17, 15) is 10.1 Å². The summed E-state index contributed by atoms with van der Waals surface area (Å²) < 4.78 is 5.15. The highest BCUT2D eigenvalue weighted by molar-refractivity contribution is 7.99. The van der Waals surface area contributed by atoms with Crippen molar-refractivity contribution >= 4 is 23.3 Å². The third kappa shape index (κ3) is 2.85. The Hall–Kier alpha value is -2.62. The summed E-state index contributed by atoms with van der Waals surface area (Å²) in [6, 6.07) is 4.17. The monoisotopic (exact) mass is 295 g/mol. The van der Waals surface area contributed by atoms with E-state index in [2.05, 4.69) is 15.4 Å². The zero-order chi connectivity index (χ0) is 14.7. The third-order valence-corrected chi connectivity index (χ3v) is 3.17. The van der Waals surface area contributed by atoms with Crippen LogP contribution >= 0.6 is 11.8 Å². The van der Waals surface area contributed by atoms with E-state index in [1.54, 1.807) is 6.92 Å². The summed E-state index contributed by atoms with van der Waals surface area (Å²) in [6.45, 7) is 1.62. The van der Waals surface area contributed by atoms with Gasteiger partial charge in [0.05, 0.1) is 9.82 Å². The maximum atomic E-state index is 11.1. The van der Waals surface area contributed by atoms with Crippen molar-refractivity contribution in [3.05, 3.63) is 39.8 Å². The Kier molecular flexibility index (Phi) is 3.84. The molecule has 0 amide bonds. The number of nitrogens with zero attached hydrogens (tertiary/aromatic N) is 4. The van der Waals surface area contributed by atoms with Gasteiger partial charge in [0, 0.05) is 18.6 Å². The number of benzene rings is 1. The predicted octanol–water partition coefficient (Wildman–Crippen LogP) is 1.53. The summed E-state index contributed by atoms with van der Waals surface area (Å²) in [5.74, 6) is 0.154. The van der Waals surface area contributed by atoms with Crippen LogP contribution in [0.15, 0.2) is 37.9 Å². The molecule has 1 heterocycles. The van der Waals surface area contributed by atoms with Gasteiger partial charge in [-0.2, -0.15) is 0 Å². The minimum Gasteiger partial charge on any atom is -0.416 e. The molecule has 0 fully saturated rings. The molecule has 0 radical (unpaired) electrons. The van der Waals surface area contributed by atoms with Gasteiger partial charge < -0.3 is 15.4 Å². The van der Waals surface area contributed by atoms with Crippen LogP contribution in [0, 0.1) is 17.0 Å². The molecular formula is C10H9N5O4S.